The molecule has 6 heteroatoms. The lowest BCUT2D eigenvalue weighted by atomic mass is 9.84. The minimum absolute atomic E-state index is 0.0114. The van der Waals surface area contributed by atoms with E-state index in [-0.39, 0.29) is 30.4 Å². The summed E-state index contributed by atoms with van der Waals surface area (Å²) in [6.45, 7) is 1.97. The van der Waals surface area contributed by atoms with Crippen molar-refractivity contribution in [3.63, 3.8) is 0 Å². The fourth-order valence-electron chi connectivity index (χ4n) is 4.03. The van der Waals surface area contributed by atoms with Gasteiger partial charge in [0.25, 0.3) is 5.91 Å². The van der Waals surface area contributed by atoms with Crippen LogP contribution in [0.1, 0.15) is 41.6 Å². The molecule has 3 rings (SSSR count). The molecule has 1 aromatic rings. The molecule has 2 saturated heterocycles. The van der Waals surface area contributed by atoms with Crippen LogP contribution in [0.2, 0.25) is 0 Å². The Morgan fingerprint density at radius 3 is 2.48 bits per heavy atom. The number of aliphatic hydroxyl groups excluding tert-OH is 1. The van der Waals surface area contributed by atoms with Gasteiger partial charge in [0.1, 0.15) is 0 Å². The number of carbonyl (C=O) groups is 2. The predicted molar refractivity (Wildman–Crippen MR) is 91.4 cm³/mol. The van der Waals surface area contributed by atoms with E-state index in [9.17, 15) is 14.7 Å². The minimum atomic E-state index is -0.825. The lowest BCUT2D eigenvalue weighted by molar-refractivity contribution is -0.136. The second-order valence-electron chi connectivity index (χ2n) is 7.10. The Balaban J connectivity index is 1.75. The highest BCUT2D eigenvalue weighted by molar-refractivity contribution is 5.95. The van der Waals surface area contributed by atoms with Gasteiger partial charge in [0.2, 0.25) is 0 Å². The number of rotatable bonds is 5. The quantitative estimate of drug-likeness (QED) is 0.847. The monoisotopic (exact) mass is 347 g/mol. The molecule has 2 aliphatic heterocycles. The van der Waals surface area contributed by atoms with E-state index in [1.807, 2.05) is 17.0 Å². The van der Waals surface area contributed by atoms with Crippen molar-refractivity contribution in [3.05, 3.63) is 35.4 Å². The summed E-state index contributed by atoms with van der Waals surface area (Å²) in [5.41, 5.74) is 1.32. The van der Waals surface area contributed by atoms with E-state index in [1.165, 1.54) is 0 Å². The van der Waals surface area contributed by atoms with Gasteiger partial charge >= 0.3 is 5.97 Å². The zero-order valence-electron chi connectivity index (χ0n) is 14.3. The van der Waals surface area contributed by atoms with Crippen molar-refractivity contribution in [2.24, 2.45) is 5.92 Å². The number of hydrogen-bond donors (Lipinski definition) is 2. The number of likely N-dealkylation sites (tertiary alicyclic amines) is 1. The molecule has 0 aromatic heterocycles. The first-order chi connectivity index (χ1) is 12.0. The van der Waals surface area contributed by atoms with Crippen LogP contribution in [-0.2, 0) is 16.0 Å². The lowest BCUT2D eigenvalue weighted by Crippen LogP contribution is -2.50. The molecule has 6 nitrogen and oxygen atoms in total. The molecule has 136 valence electrons. The number of aliphatic hydroxyl groups is 1. The third-order valence-corrected chi connectivity index (χ3v) is 5.44. The van der Waals surface area contributed by atoms with Crippen molar-refractivity contribution in [1.29, 1.82) is 0 Å². The van der Waals surface area contributed by atoms with Crippen molar-refractivity contribution in [1.82, 2.24) is 4.90 Å². The molecule has 1 spiro atoms. The molecule has 1 amide bonds. The van der Waals surface area contributed by atoms with E-state index in [0.29, 0.717) is 31.7 Å². The van der Waals surface area contributed by atoms with Crippen LogP contribution in [0.4, 0.5) is 0 Å². The number of carboxylic acid groups (broad SMARTS) is 1. The lowest BCUT2D eigenvalue weighted by Gasteiger charge is -2.41. The maximum Gasteiger partial charge on any atom is 0.303 e. The average molecular weight is 347 g/mol. The van der Waals surface area contributed by atoms with Gasteiger partial charge in [0.15, 0.2) is 0 Å². The van der Waals surface area contributed by atoms with Crippen molar-refractivity contribution >= 4 is 11.9 Å². The number of benzene rings is 1. The van der Waals surface area contributed by atoms with E-state index in [1.54, 1.807) is 12.1 Å². The summed E-state index contributed by atoms with van der Waals surface area (Å²) in [6.07, 6.45) is 3.00. The highest BCUT2D eigenvalue weighted by atomic mass is 16.5. The Bertz CT molecular complexity index is 621. The van der Waals surface area contributed by atoms with Gasteiger partial charge < -0.3 is 19.8 Å². The number of nitrogens with zero attached hydrogens (tertiary/aromatic N) is 1. The smallest absolute Gasteiger partial charge is 0.303 e. The molecule has 0 aliphatic carbocycles. The van der Waals surface area contributed by atoms with Gasteiger partial charge in [-0.15, -0.1) is 0 Å². The molecule has 2 fully saturated rings. The van der Waals surface area contributed by atoms with Gasteiger partial charge in [-0.05, 0) is 43.4 Å². The summed E-state index contributed by atoms with van der Waals surface area (Å²) in [5.74, 6) is -0.715. The first kappa shape index (κ1) is 17.9. The van der Waals surface area contributed by atoms with Crippen LogP contribution in [0.25, 0.3) is 0 Å². The van der Waals surface area contributed by atoms with Crippen molar-refractivity contribution in [2.75, 3.05) is 26.4 Å². The Morgan fingerprint density at radius 2 is 1.88 bits per heavy atom. The largest absolute Gasteiger partial charge is 0.481 e. The van der Waals surface area contributed by atoms with Crippen molar-refractivity contribution in [2.45, 2.75) is 37.6 Å². The second-order valence-corrected chi connectivity index (χ2v) is 7.10. The second kappa shape index (κ2) is 7.54. The average Bonchev–Trinajstić information content (AvgIpc) is 2.98. The third kappa shape index (κ3) is 3.85. The maximum absolute atomic E-state index is 13.1. The van der Waals surface area contributed by atoms with Crippen molar-refractivity contribution < 1.29 is 24.5 Å². The molecule has 2 heterocycles. The van der Waals surface area contributed by atoms with Gasteiger partial charge in [-0.25, -0.2) is 0 Å². The number of amides is 1. The van der Waals surface area contributed by atoms with Gasteiger partial charge in [-0.2, -0.15) is 0 Å². The minimum Gasteiger partial charge on any atom is -0.481 e. The van der Waals surface area contributed by atoms with E-state index in [0.717, 1.165) is 24.8 Å². The summed E-state index contributed by atoms with van der Waals surface area (Å²) in [5, 5.41) is 18.3. The summed E-state index contributed by atoms with van der Waals surface area (Å²) in [4.78, 5) is 25.7. The molecule has 0 saturated carbocycles. The zero-order valence-corrected chi connectivity index (χ0v) is 14.3. The van der Waals surface area contributed by atoms with Crippen LogP contribution in [0.3, 0.4) is 0 Å². The fourth-order valence-corrected chi connectivity index (χ4v) is 4.03. The van der Waals surface area contributed by atoms with Crippen LogP contribution in [0, 0.1) is 5.92 Å². The van der Waals surface area contributed by atoms with Gasteiger partial charge in [-0.1, -0.05) is 12.1 Å². The van der Waals surface area contributed by atoms with Gasteiger partial charge in [0.05, 0.1) is 0 Å². The van der Waals surface area contributed by atoms with Crippen LogP contribution >= 0.6 is 0 Å². The molecule has 1 aromatic carbocycles. The normalized spacial score (nSPS) is 22.3. The molecule has 0 radical (unpaired) electrons. The van der Waals surface area contributed by atoms with Crippen molar-refractivity contribution in [3.8, 4) is 0 Å². The number of carbonyl (C=O) groups excluding carboxylic acids is 1. The molecule has 2 aliphatic rings. The first-order valence-electron chi connectivity index (χ1n) is 8.85. The standard InChI is InChI=1S/C19H25NO5/c21-13-15-11-19(7-9-25-10-8-19)20(12-15)18(24)16-4-1-14(2-5-16)3-6-17(22)23/h1-2,4-5,15,21H,3,6-13H2,(H,22,23). The molecule has 2 N–H and O–H groups in total. The number of carboxylic acids is 1. The SMILES string of the molecule is O=C(O)CCc1ccc(C(=O)N2CC(CO)CC23CCOCC3)cc1. The Morgan fingerprint density at radius 1 is 1.20 bits per heavy atom. The maximum atomic E-state index is 13.1. The number of ether oxygens (including phenoxy) is 1. The number of hydrogen-bond acceptors (Lipinski definition) is 4. The molecule has 25 heavy (non-hydrogen) atoms. The fraction of sp³-hybridized carbons (Fsp3) is 0.579. The molecular formula is C19H25NO5. The number of aliphatic carboxylic acids is 1. The molecule has 1 unspecified atom stereocenters. The zero-order chi connectivity index (χ0) is 17.9. The Labute approximate surface area is 147 Å². The molecular weight excluding hydrogens is 322 g/mol. The predicted octanol–water partition coefficient (Wildman–Crippen LogP) is 1.71. The Kier molecular flexibility index (Phi) is 5.39. The topological polar surface area (TPSA) is 87.1 Å². The van der Waals surface area contributed by atoms with Crippen LogP contribution in [0.15, 0.2) is 24.3 Å². The van der Waals surface area contributed by atoms with Gasteiger partial charge in [0, 0.05) is 49.8 Å². The van der Waals surface area contributed by atoms with E-state index in [4.69, 9.17) is 9.84 Å². The highest BCUT2D eigenvalue weighted by Crippen LogP contribution is 2.41. The van der Waals surface area contributed by atoms with E-state index in [2.05, 4.69) is 0 Å². The van der Waals surface area contributed by atoms with E-state index >= 15 is 0 Å². The Hall–Kier alpha value is -1.92. The molecule has 1 atom stereocenters. The summed E-state index contributed by atoms with van der Waals surface area (Å²) < 4.78 is 5.47. The van der Waals surface area contributed by atoms with Gasteiger partial charge in [-0.3, -0.25) is 9.59 Å². The molecule has 0 bridgehead atoms. The first-order valence-corrected chi connectivity index (χ1v) is 8.85. The van der Waals surface area contributed by atoms with E-state index < -0.39 is 5.97 Å². The van der Waals surface area contributed by atoms with Crippen LogP contribution in [-0.4, -0.2) is 58.9 Å². The summed E-state index contributed by atoms with van der Waals surface area (Å²) >= 11 is 0. The third-order valence-electron chi connectivity index (χ3n) is 5.44. The van der Waals surface area contributed by atoms with Crippen LogP contribution < -0.4 is 0 Å². The number of aryl methyl sites for hydroxylation is 1. The summed E-state index contributed by atoms with van der Waals surface area (Å²) in [7, 11) is 0. The summed E-state index contributed by atoms with van der Waals surface area (Å²) in [6, 6.07) is 7.20. The highest BCUT2D eigenvalue weighted by Gasteiger charge is 2.48. The van der Waals surface area contributed by atoms with Crippen LogP contribution in [0.5, 0.6) is 0 Å².